The van der Waals surface area contributed by atoms with Crippen molar-refractivity contribution in [2.75, 3.05) is 43.9 Å². The molecule has 3 N–H and O–H groups in total. The van der Waals surface area contributed by atoms with Crippen LogP contribution in [-0.2, 0) is 21.2 Å². The second-order valence-electron chi connectivity index (χ2n) is 11.8. The van der Waals surface area contributed by atoms with Crippen LogP contribution in [0.4, 0.5) is 16.2 Å². The first-order valence-electron chi connectivity index (χ1n) is 15.4. The van der Waals surface area contributed by atoms with Crippen molar-refractivity contribution in [3.63, 3.8) is 0 Å². The van der Waals surface area contributed by atoms with Gasteiger partial charge in [0.25, 0.3) is 10.0 Å². The molecule has 1 heterocycles. The van der Waals surface area contributed by atoms with E-state index < -0.39 is 22.2 Å². The Morgan fingerprint density at radius 3 is 2.53 bits per heavy atom. The average molecular weight is 661 g/mol. The maximum Gasteiger partial charge on any atom is 0.321 e. The lowest BCUT2D eigenvalue weighted by molar-refractivity contribution is -0.134. The summed E-state index contributed by atoms with van der Waals surface area (Å²) in [7, 11) is -0.761. The lowest BCUT2D eigenvalue weighted by atomic mass is 10.0. The number of anilines is 2. The molecule has 0 unspecified atom stereocenters. The monoisotopic (exact) mass is 660 g/mol. The Kier molecular flexibility index (Phi) is 10.2. The van der Waals surface area contributed by atoms with E-state index in [1.807, 2.05) is 49.4 Å². The molecule has 47 heavy (non-hydrogen) atoms. The van der Waals surface area contributed by atoms with E-state index in [9.17, 15) is 23.1 Å². The van der Waals surface area contributed by atoms with Crippen molar-refractivity contribution in [3.8, 4) is 11.5 Å². The molecular weight excluding hydrogens is 620 g/mol. The minimum atomic E-state index is -3.94. The molecule has 0 spiro atoms. The Morgan fingerprint density at radius 1 is 1.09 bits per heavy atom. The van der Waals surface area contributed by atoms with Crippen molar-refractivity contribution in [1.82, 2.24) is 9.80 Å². The SMILES string of the molecule is COc1ccc(S(=O)(=O)Nc2ccc3c(c2)CC(=O)N([C@H](C)CO)C[C@@H](C)[C@@H](CN(C)C(=O)Nc2cccc4ccccc24)O3)cc1. The quantitative estimate of drug-likeness (QED) is 0.231. The number of aliphatic hydroxyl groups is 1. The zero-order valence-electron chi connectivity index (χ0n) is 26.8. The Bertz CT molecular complexity index is 1840. The van der Waals surface area contributed by atoms with Gasteiger partial charge in [0.05, 0.1) is 43.3 Å². The lowest BCUT2D eigenvalue weighted by Crippen LogP contribution is -2.48. The van der Waals surface area contributed by atoms with Crippen LogP contribution >= 0.6 is 0 Å². The number of fused-ring (bicyclic) bond motifs is 2. The molecule has 1 aliphatic rings. The highest BCUT2D eigenvalue weighted by Crippen LogP contribution is 2.31. The first kappa shape index (κ1) is 33.6. The van der Waals surface area contributed by atoms with Gasteiger partial charge < -0.3 is 29.7 Å². The molecule has 0 saturated heterocycles. The molecule has 3 amide bonds. The number of nitrogens with zero attached hydrogens (tertiary/aromatic N) is 2. The molecule has 1 aliphatic heterocycles. The smallest absolute Gasteiger partial charge is 0.321 e. The summed E-state index contributed by atoms with van der Waals surface area (Å²) >= 11 is 0. The molecule has 11 nitrogen and oxygen atoms in total. The van der Waals surface area contributed by atoms with Gasteiger partial charge in [-0.3, -0.25) is 9.52 Å². The third-order valence-corrected chi connectivity index (χ3v) is 9.77. The molecular formula is C35H40N4O7S. The summed E-state index contributed by atoms with van der Waals surface area (Å²) in [6, 6.07) is 23.5. The van der Waals surface area contributed by atoms with Gasteiger partial charge in [-0.15, -0.1) is 0 Å². The van der Waals surface area contributed by atoms with E-state index in [4.69, 9.17) is 9.47 Å². The predicted molar refractivity (Wildman–Crippen MR) is 181 cm³/mol. The van der Waals surface area contributed by atoms with Crippen molar-refractivity contribution in [2.24, 2.45) is 5.92 Å². The molecule has 3 atom stereocenters. The lowest BCUT2D eigenvalue weighted by Gasteiger charge is -2.34. The first-order chi connectivity index (χ1) is 22.5. The van der Waals surface area contributed by atoms with Crippen LogP contribution in [0.3, 0.4) is 0 Å². The van der Waals surface area contributed by atoms with Crippen molar-refractivity contribution >= 4 is 44.1 Å². The summed E-state index contributed by atoms with van der Waals surface area (Å²) < 4.78 is 40.5. The summed E-state index contributed by atoms with van der Waals surface area (Å²) in [4.78, 5) is 30.2. The van der Waals surface area contributed by atoms with E-state index in [-0.39, 0.29) is 54.6 Å². The second kappa shape index (κ2) is 14.3. The van der Waals surface area contributed by atoms with Crippen LogP contribution in [0.15, 0.2) is 89.8 Å². The summed E-state index contributed by atoms with van der Waals surface area (Å²) in [5, 5.41) is 14.9. The summed E-state index contributed by atoms with van der Waals surface area (Å²) in [6.07, 6.45) is -0.618. The fraction of sp³-hybridized carbons (Fsp3) is 0.314. The van der Waals surface area contributed by atoms with Gasteiger partial charge in [0.2, 0.25) is 5.91 Å². The summed E-state index contributed by atoms with van der Waals surface area (Å²) in [5.74, 6) is 0.462. The summed E-state index contributed by atoms with van der Waals surface area (Å²) in [5.41, 5.74) is 1.42. The van der Waals surface area contributed by atoms with Gasteiger partial charge in [-0.05, 0) is 60.8 Å². The normalized spacial score (nSPS) is 17.4. The van der Waals surface area contributed by atoms with E-state index in [0.717, 1.165) is 10.8 Å². The number of methoxy groups -OCH3 is 1. The highest BCUT2D eigenvalue weighted by Gasteiger charge is 2.32. The van der Waals surface area contributed by atoms with Crippen LogP contribution in [0, 0.1) is 5.92 Å². The van der Waals surface area contributed by atoms with Crippen molar-refractivity contribution < 1.29 is 32.6 Å². The van der Waals surface area contributed by atoms with Gasteiger partial charge in [0.15, 0.2) is 0 Å². The van der Waals surface area contributed by atoms with Crippen LogP contribution in [0.5, 0.6) is 11.5 Å². The minimum Gasteiger partial charge on any atom is -0.497 e. The number of likely N-dealkylation sites (N-methyl/N-ethyl adjacent to an activating group) is 1. The maximum atomic E-state index is 13.6. The van der Waals surface area contributed by atoms with Gasteiger partial charge in [-0.1, -0.05) is 43.3 Å². The fourth-order valence-electron chi connectivity index (χ4n) is 5.58. The number of amides is 3. The number of carbonyl (C=O) groups excluding carboxylic acids is 2. The largest absolute Gasteiger partial charge is 0.497 e. The van der Waals surface area contributed by atoms with Crippen LogP contribution in [0.2, 0.25) is 0 Å². The molecule has 0 fully saturated rings. The minimum absolute atomic E-state index is 0.0517. The van der Waals surface area contributed by atoms with Gasteiger partial charge in [0, 0.05) is 36.1 Å². The molecule has 0 radical (unpaired) electrons. The zero-order chi connectivity index (χ0) is 33.7. The number of carbonyl (C=O) groups is 2. The molecule has 0 bridgehead atoms. The topological polar surface area (TPSA) is 138 Å². The highest BCUT2D eigenvalue weighted by molar-refractivity contribution is 7.92. The molecule has 248 valence electrons. The molecule has 0 aliphatic carbocycles. The van der Waals surface area contributed by atoms with Gasteiger partial charge in [0.1, 0.15) is 17.6 Å². The number of rotatable bonds is 9. The second-order valence-corrected chi connectivity index (χ2v) is 13.5. The van der Waals surface area contributed by atoms with Gasteiger partial charge in [-0.2, -0.15) is 0 Å². The van der Waals surface area contributed by atoms with Gasteiger partial charge in [-0.25, -0.2) is 13.2 Å². The van der Waals surface area contributed by atoms with Gasteiger partial charge >= 0.3 is 6.03 Å². The number of hydrogen-bond donors (Lipinski definition) is 3. The van der Waals surface area contributed by atoms with Crippen LogP contribution in [-0.4, -0.2) is 81.3 Å². The van der Waals surface area contributed by atoms with E-state index >= 15 is 0 Å². The summed E-state index contributed by atoms with van der Waals surface area (Å²) in [6.45, 7) is 3.95. The van der Waals surface area contributed by atoms with E-state index in [1.54, 1.807) is 54.1 Å². The Hall–Kier alpha value is -4.81. The first-order valence-corrected chi connectivity index (χ1v) is 16.8. The number of urea groups is 1. The molecule has 0 aromatic heterocycles. The van der Waals surface area contributed by atoms with Crippen LogP contribution in [0.25, 0.3) is 10.8 Å². The molecule has 5 rings (SSSR count). The number of aliphatic hydroxyl groups excluding tert-OH is 1. The molecule has 4 aromatic rings. The number of sulfonamides is 1. The predicted octanol–water partition coefficient (Wildman–Crippen LogP) is 4.96. The van der Waals surface area contributed by atoms with Crippen LogP contribution in [0.1, 0.15) is 19.4 Å². The number of benzene rings is 4. The number of hydrogen-bond acceptors (Lipinski definition) is 7. The third-order valence-electron chi connectivity index (χ3n) is 8.37. The van der Waals surface area contributed by atoms with Crippen molar-refractivity contribution in [3.05, 3.63) is 90.5 Å². The van der Waals surface area contributed by atoms with Crippen molar-refractivity contribution in [2.45, 2.75) is 37.3 Å². The molecule has 0 saturated carbocycles. The Labute approximate surface area is 275 Å². The standard InChI is InChI=1S/C35H40N4O7S/c1-23-20-39(24(2)22-40)34(41)19-26-18-27(37-47(43,44)29-15-13-28(45-4)14-16-29)12-17-32(26)46-33(23)21-38(3)35(42)36-31-11-7-9-25-8-5-6-10-30(25)31/h5-18,23-24,33,37,40H,19-22H2,1-4H3,(H,36,42)/t23-,24-,33-/m1/s1. The number of nitrogens with one attached hydrogen (secondary N) is 2. The zero-order valence-corrected chi connectivity index (χ0v) is 27.7. The molecule has 4 aromatic carbocycles. The number of ether oxygens (including phenoxy) is 2. The Morgan fingerprint density at radius 2 is 1.81 bits per heavy atom. The maximum absolute atomic E-state index is 13.6. The van der Waals surface area contributed by atoms with Crippen molar-refractivity contribution in [1.29, 1.82) is 0 Å². The highest BCUT2D eigenvalue weighted by atomic mass is 32.2. The third kappa shape index (κ3) is 7.78. The van der Waals surface area contributed by atoms with E-state index in [0.29, 0.717) is 22.7 Å². The van der Waals surface area contributed by atoms with Crippen LogP contribution < -0.4 is 19.5 Å². The van der Waals surface area contributed by atoms with E-state index in [2.05, 4.69) is 10.0 Å². The Balaban J connectivity index is 1.40. The fourth-order valence-corrected chi connectivity index (χ4v) is 6.63. The molecule has 12 heteroatoms. The average Bonchev–Trinajstić information content (AvgIpc) is 3.11. The van der Waals surface area contributed by atoms with E-state index in [1.165, 1.54) is 19.2 Å².